The molecule has 1 aliphatic heterocycles. The maximum Gasteiger partial charge on any atom is 0.0673 e. The Kier molecular flexibility index (Phi) is 1.84. The summed E-state index contributed by atoms with van der Waals surface area (Å²) in [6, 6.07) is 0. The van der Waals surface area contributed by atoms with Crippen LogP contribution in [0.5, 0.6) is 0 Å². The third kappa shape index (κ3) is 1.12. The summed E-state index contributed by atoms with van der Waals surface area (Å²) in [5.74, 6) is 0. The molecule has 52 valence electrons. The second-order valence-electron chi connectivity index (χ2n) is 2.81. The lowest BCUT2D eigenvalue weighted by Crippen LogP contribution is -2.21. The molecule has 0 bridgehead atoms. The van der Waals surface area contributed by atoms with Gasteiger partial charge in [0.1, 0.15) is 0 Å². The molecular weight excluding hydrogens is 112 g/mol. The van der Waals surface area contributed by atoms with E-state index in [2.05, 4.69) is 24.1 Å². The highest BCUT2D eigenvalue weighted by atomic mass is 15.1. The summed E-state index contributed by atoms with van der Waals surface area (Å²) in [5, 5.41) is 8.01. The zero-order valence-electron chi connectivity index (χ0n) is 6.22. The first-order chi connectivity index (χ1) is 4.33. The largest absolute Gasteiger partial charge is 0.194 e. The van der Waals surface area contributed by atoms with Gasteiger partial charge in [-0.1, -0.05) is 13.8 Å². The van der Waals surface area contributed by atoms with Crippen molar-refractivity contribution in [2.75, 3.05) is 13.1 Å². The minimum atomic E-state index is 0.444. The molecule has 0 unspecified atom stereocenters. The van der Waals surface area contributed by atoms with Crippen molar-refractivity contribution in [1.29, 1.82) is 0 Å². The molecular formula is C7H14N2. The van der Waals surface area contributed by atoms with Gasteiger partial charge in [-0.2, -0.15) is 10.2 Å². The molecule has 0 amide bonds. The molecule has 0 aromatic heterocycles. The Labute approximate surface area is 56.4 Å². The number of nitrogens with zero attached hydrogens (tertiary/aromatic N) is 2. The zero-order chi connectivity index (χ0) is 6.74. The fraction of sp³-hybridized carbons (Fsp3) is 1.00. The lowest BCUT2D eigenvalue weighted by Gasteiger charge is -2.21. The molecule has 0 saturated carbocycles. The summed E-state index contributed by atoms with van der Waals surface area (Å²) >= 11 is 0. The third-order valence-corrected chi connectivity index (χ3v) is 2.41. The molecule has 0 aromatic rings. The average Bonchev–Trinajstić information content (AvgIpc) is 2.36. The molecule has 0 aromatic carbocycles. The van der Waals surface area contributed by atoms with Gasteiger partial charge in [0.25, 0.3) is 0 Å². The van der Waals surface area contributed by atoms with Crippen LogP contribution < -0.4 is 0 Å². The molecule has 0 atom stereocenters. The Bertz CT molecular complexity index is 104. The van der Waals surface area contributed by atoms with E-state index >= 15 is 0 Å². The first kappa shape index (κ1) is 6.72. The Morgan fingerprint density at radius 2 is 1.56 bits per heavy atom. The van der Waals surface area contributed by atoms with Gasteiger partial charge in [-0.05, 0) is 12.8 Å². The first-order valence-corrected chi connectivity index (χ1v) is 3.66. The van der Waals surface area contributed by atoms with Gasteiger partial charge in [0.2, 0.25) is 0 Å². The van der Waals surface area contributed by atoms with Crippen molar-refractivity contribution in [3.05, 3.63) is 0 Å². The van der Waals surface area contributed by atoms with Gasteiger partial charge < -0.3 is 0 Å². The highest BCUT2D eigenvalue weighted by molar-refractivity contribution is 4.83. The van der Waals surface area contributed by atoms with Gasteiger partial charge in [0, 0.05) is 5.41 Å². The van der Waals surface area contributed by atoms with Crippen LogP contribution >= 0.6 is 0 Å². The van der Waals surface area contributed by atoms with Crippen molar-refractivity contribution < 1.29 is 0 Å². The van der Waals surface area contributed by atoms with E-state index in [1.165, 1.54) is 12.8 Å². The molecule has 0 aliphatic carbocycles. The third-order valence-electron chi connectivity index (χ3n) is 2.41. The van der Waals surface area contributed by atoms with Crippen LogP contribution in [0.4, 0.5) is 0 Å². The van der Waals surface area contributed by atoms with Crippen LogP contribution in [-0.4, -0.2) is 13.1 Å². The molecule has 2 nitrogen and oxygen atoms in total. The van der Waals surface area contributed by atoms with Crippen LogP contribution in [0, 0.1) is 5.41 Å². The van der Waals surface area contributed by atoms with E-state index in [0.29, 0.717) is 5.41 Å². The quantitative estimate of drug-likeness (QED) is 0.542. The Morgan fingerprint density at radius 1 is 1.11 bits per heavy atom. The lowest BCUT2D eigenvalue weighted by atomic mass is 9.83. The summed E-state index contributed by atoms with van der Waals surface area (Å²) in [6.07, 6.45) is 2.44. The summed E-state index contributed by atoms with van der Waals surface area (Å²) in [7, 11) is 0. The molecule has 1 aliphatic rings. The van der Waals surface area contributed by atoms with Gasteiger partial charge >= 0.3 is 0 Å². The van der Waals surface area contributed by atoms with Crippen molar-refractivity contribution in [2.24, 2.45) is 15.6 Å². The van der Waals surface area contributed by atoms with Gasteiger partial charge in [0.15, 0.2) is 0 Å². The van der Waals surface area contributed by atoms with Crippen molar-refractivity contribution in [2.45, 2.75) is 26.7 Å². The molecule has 0 saturated heterocycles. The van der Waals surface area contributed by atoms with Crippen LogP contribution in [-0.2, 0) is 0 Å². The zero-order valence-corrected chi connectivity index (χ0v) is 6.22. The normalized spacial score (nSPS) is 22.9. The molecule has 0 fully saturated rings. The van der Waals surface area contributed by atoms with Gasteiger partial charge in [-0.15, -0.1) is 0 Å². The maximum absolute atomic E-state index is 4.00. The van der Waals surface area contributed by atoms with E-state index in [9.17, 15) is 0 Å². The summed E-state index contributed by atoms with van der Waals surface area (Å²) < 4.78 is 0. The topological polar surface area (TPSA) is 24.7 Å². The summed E-state index contributed by atoms with van der Waals surface area (Å²) in [4.78, 5) is 0. The summed E-state index contributed by atoms with van der Waals surface area (Å²) in [6.45, 7) is 6.36. The fourth-order valence-electron chi connectivity index (χ4n) is 1.15. The van der Waals surface area contributed by atoms with Crippen LogP contribution in [0.3, 0.4) is 0 Å². The van der Waals surface area contributed by atoms with Gasteiger partial charge in [0.05, 0.1) is 13.1 Å². The van der Waals surface area contributed by atoms with E-state index in [-0.39, 0.29) is 0 Å². The second-order valence-corrected chi connectivity index (χ2v) is 2.81. The van der Waals surface area contributed by atoms with Crippen LogP contribution in [0.2, 0.25) is 0 Å². The predicted molar refractivity (Wildman–Crippen MR) is 37.6 cm³/mol. The number of azo groups is 1. The molecule has 0 N–H and O–H groups in total. The second kappa shape index (κ2) is 2.46. The number of hydrogen-bond acceptors (Lipinski definition) is 2. The Hall–Kier alpha value is -0.400. The molecule has 2 heteroatoms. The van der Waals surface area contributed by atoms with E-state index in [1.54, 1.807) is 0 Å². The highest BCUT2D eigenvalue weighted by Crippen LogP contribution is 2.30. The van der Waals surface area contributed by atoms with E-state index in [1.807, 2.05) is 0 Å². The van der Waals surface area contributed by atoms with Crippen LogP contribution in [0.15, 0.2) is 10.2 Å². The Morgan fingerprint density at radius 3 is 1.78 bits per heavy atom. The smallest absolute Gasteiger partial charge is 0.0673 e. The first-order valence-electron chi connectivity index (χ1n) is 3.66. The van der Waals surface area contributed by atoms with E-state index in [4.69, 9.17) is 0 Å². The maximum atomic E-state index is 4.00. The van der Waals surface area contributed by atoms with Crippen molar-refractivity contribution in [1.82, 2.24) is 0 Å². The summed E-state index contributed by atoms with van der Waals surface area (Å²) in [5.41, 5.74) is 0.444. The van der Waals surface area contributed by atoms with Gasteiger partial charge in [-0.25, -0.2) is 0 Å². The average molecular weight is 126 g/mol. The highest BCUT2D eigenvalue weighted by Gasteiger charge is 2.28. The van der Waals surface area contributed by atoms with Crippen LogP contribution in [0.1, 0.15) is 26.7 Å². The number of rotatable bonds is 2. The Balaban J connectivity index is 2.50. The molecule has 1 rings (SSSR count). The SMILES string of the molecule is CCC1(CC)CN=NC1. The molecule has 0 spiro atoms. The molecule has 1 heterocycles. The van der Waals surface area contributed by atoms with E-state index in [0.717, 1.165) is 13.1 Å². The lowest BCUT2D eigenvalue weighted by molar-refractivity contribution is 0.317. The van der Waals surface area contributed by atoms with Crippen molar-refractivity contribution >= 4 is 0 Å². The predicted octanol–water partition coefficient (Wildman–Crippen LogP) is 2.26. The fourth-order valence-corrected chi connectivity index (χ4v) is 1.15. The standard InChI is InChI=1S/C7H14N2/c1-3-7(4-2)5-8-9-6-7/h3-6H2,1-2H3. The minimum Gasteiger partial charge on any atom is -0.194 e. The van der Waals surface area contributed by atoms with Crippen molar-refractivity contribution in [3.8, 4) is 0 Å². The van der Waals surface area contributed by atoms with Gasteiger partial charge in [-0.3, -0.25) is 0 Å². The minimum absolute atomic E-state index is 0.444. The van der Waals surface area contributed by atoms with Crippen LogP contribution in [0.25, 0.3) is 0 Å². The number of hydrogen-bond donors (Lipinski definition) is 0. The molecule has 9 heavy (non-hydrogen) atoms. The monoisotopic (exact) mass is 126 g/mol. The van der Waals surface area contributed by atoms with E-state index < -0.39 is 0 Å². The van der Waals surface area contributed by atoms with Crippen molar-refractivity contribution in [3.63, 3.8) is 0 Å². The molecule has 0 radical (unpaired) electrons.